The van der Waals surface area contributed by atoms with Crippen molar-refractivity contribution in [3.05, 3.63) is 0 Å². The molecule has 0 aromatic carbocycles. The molecule has 0 N–H and O–H groups in total. The summed E-state index contributed by atoms with van der Waals surface area (Å²) in [4.78, 5) is 0. The normalized spacial score (nSPS) is 13.8. The van der Waals surface area contributed by atoms with Gasteiger partial charge in [0.2, 0.25) is 7.37 Å². The molecule has 29 heavy (non-hydrogen) atoms. The van der Waals surface area contributed by atoms with E-state index in [-0.39, 0.29) is 12.7 Å². The van der Waals surface area contributed by atoms with Gasteiger partial charge in [-0.3, -0.25) is 4.57 Å². The third-order valence-electron chi connectivity index (χ3n) is 7.86. The molecule has 0 atom stereocenters. The highest BCUT2D eigenvalue weighted by Gasteiger charge is 2.39. The summed E-state index contributed by atoms with van der Waals surface area (Å²) in [5, 5.41) is 0. The van der Waals surface area contributed by atoms with Crippen molar-refractivity contribution in [3.8, 4) is 0 Å². The molecule has 0 fully saturated rings. The second kappa shape index (κ2) is 14.0. The van der Waals surface area contributed by atoms with Crippen molar-refractivity contribution >= 4 is 32.1 Å². The third kappa shape index (κ3) is 8.66. The first-order valence-electron chi connectivity index (χ1n) is 12.2. The first-order chi connectivity index (χ1) is 13.7. The van der Waals surface area contributed by atoms with Crippen LogP contribution in [0.2, 0.25) is 54.4 Å². The third-order valence-corrected chi connectivity index (χ3v) is 24.7. The minimum atomic E-state index is -2.97. The van der Waals surface area contributed by atoms with E-state index in [1.807, 2.05) is 0 Å². The van der Waals surface area contributed by atoms with E-state index < -0.39 is 32.1 Å². The van der Waals surface area contributed by atoms with E-state index in [4.69, 9.17) is 13.4 Å². The molecule has 0 aliphatic rings. The van der Waals surface area contributed by atoms with E-state index in [1.165, 1.54) is 18.1 Å². The number of rotatable bonds is 18. The fraction of sp³-hybridized carbons (Fsp3) is 1.00. The lowest BCUT2D eigenvalue weighted by molar-refractivity contribution is 0.267. The van der Waals surface area contributed by atoms with Gasteiger partial charge in [-0.2, -0.15) is 0 Å². The van der Waals surface area contributed by atoms with Gasteiger partial charge in [-0.05, 0) is 36.3 Å². The second-order valence-corrected chi connectivity index (χ2v) is 26.0. The van der Waals surface area contributed by atoms with Crippen molar-refractivity contribution in [2.24, 2.45) is 0 Å². The maximum Gasteiger partial charge on any atom is 0.249 e. The van der Waals surface area contributed by atoms with Crippen molar-refractivity contribution in [2.45, 2.75) is 117 Å². The smallest absolute Gasteiger partial charge is 0.249 e. The quantitative estimate of drug-likeness (QED) is 0.146. The van der Waals surface area contributed by atoms with E-state index >= 15 is 0 Å². The van der Waals surface area contributed by atoms with E-state index in [0.29, 0.717) is 6.23 Å². The van der Waals surface area contributed by atoms with Gasteiger partial charge in [0, 0.05) is 6.23 Å². The van der Waals surface area contributed by atoms with Crippen LogP contribution in [0.25, 0.3) is 0 Å². The second-order valence-electron chi connectivity index (χ2n) is 8.68. The molecule has 0 bridgehead atoms. The van der Waals surface area contributed by atoms with Crippen LogP contribution >= 0.6 is 7.37 Å². The van der Waals surface area contributed by atoms with Crippen molar-refractivity contribution in [1.82, 2.24) is 0 Å². The lowest BCUT2D eigenvalue weighted by Crippen LogP contribution is -2.40. The van der Waals surface area contributed by atoms with Gasteiger partial charge < -0.3 is 13.4 Å². The Morgan fingerprint density at radius 1 is 0.552 bits per heavy atom. The van der Waals surface area contributed by atoms with Crippen molar-refractivity contribution in [3.63, 3.8) is 0 Å². The predicted octanol–water partition coefficient (Wildman–Crippen LogP) is 8.29. The zero-order chi connectivity index (χ0) is 22.6. The fourth-order valence-electron chi connectivity index (χ4n) is 4.01. The highest BCUT2D eigenvalue weighted by molar-refractivity contribution is 7.58. The summed E-state index contributed by atoms with van der Waals surface area (Å²) in [6, 6.07) is 9.93. The van der Waals surface area contributed by atoms with Gasteiger partial charge in [0.1, 0.15) is 12.7 Å². The largest absolute Gasteiger partial charge is 0.407 e. The van der Waals surface area contributed by atoms with Crippen LogP contribution in [-0.4, -0.2) is 43.6 Å². The van der Waals surface area contributed by atoms with Gasteiger partial charge in [0.25, 0.3) is 0 Å². The molecule has 0 amide bonds. The summed E-state index contributed by atoms with van der Waals surface area (Å²) in [5.41, 5.74) is 0. The van der Waals surface area contributed by atoms with E-state index in [9.17, 15) is 4.57 Å². The van der Waals surface area contributed by atoms with Gasteiger partial charge >= 0.3 is 0 Å². The molecule has 8 heteroatoms. The van der Waals surface area contributed by atoms with Crippen LogP contribution in [-0.2, 0) is 17.9 Å². The van der Waals surface area contributed by atoms with Gasteiger partial charge in [-0.1, -0.05) is 80.4 Å². The van der Waals surface area contributed by atoms with Crippen LogP contribution in [0.5, 0.6) is 0 Å². The Balaban J connectivity index is 5.53. The molecule has 0 aliphatic carbocycles. The molecule has 0 aromatic rings. The minimum Gasteiger partial charge on any atom is -0.407 e. The predicted molar refractivity (Wildman–Crippen MR) is 137 cm³/mol. The molecule has 0 unspecified atom stereocenters. The lowest BCUT2D eigenvalue weighted by atomic mass is 10.9. The highest BCUT2D eigenvalue weighted by atomic mass is 31.2. The summed E-state index contributed by atoms with van der Waals surface area (Å²) >= 11 is 0. The van der Waals surface area contributed by atoms with Gasteiger partial charge in [-0.15, -0.1) is 0 Å². The average Bonchev–Trinajstić information content (AvgIpc) is 2.78. The average molecular weight is 483 g/mol. The van der Waals surface area contributed by atoms with E-state index in [0.717, 1.165) is 36.3 Å². The Kier molecular flexibility index (Phi) is 14.4. The van der Waals surface area contributed by atoms with Crippen LogP contribution in [0, 0.1) is 0 Å². The molecule has 176 valence electrons. The molecular formula is C21H51O4PSi3. The Labute approximate surface area is 185 Å². The maximum atomic E-state index is 14.0. The highest BCUT2D eigenvalue weighted by Crippen LogP contribution is 2.50. The fourth-order valence-corrected chi connectivity index (χ4v) is 16.4. The zero-order valence-corrected chi connectivity index (χ0v) is 25.0. The van der Waals surface area contributed by atoms with Crippen LogP contribution in [0.1, 0.15) is 62.3 Å². The van der Waals surface area contributed by atoms with Crippen molar-refractivity contribution in [1.29, 1.82) is 0 Å². The Morgan fingerprint density at radius 2 is 0.862 bits per heavy atom. The van der Waals surface area contributed by atoms with E-state index in [2.05, 4.69) is 62.3 Å². The molecular weight excluding hydrogens is 431 g/mol. The standard InChI is InChI=1S/C21H51O4PSi3/c1-10-27(11-2,12-3)21-23-26(22,19-24-28(13-4,14-5)15-6)20-25-29(16-7,17-8)18-9/h10-21H2,1-9H3. The maximum absolute atomic E-state index is 14.0. The molecule has 4 nitrogen and oxygen atoms in total. The first-order valence-corrected chi connectivity index (χ1v) is 22.1. The minimum absolute atomic E-state index is 0.248. The molecule has 0 aliphatic heterocycles. The van der Waals surface area contributed by atoms with Crippen molar-refractivity contribution < 1.29 is 17.9 Å². The van der Waals surface area contributed by atoms with Crippen LogP contribution in [0.4, 0.5) is 0 Å². The summed E-state index contributed by atoms with van der Waals surface area (Å²) in [6.07, 6.45) is 1.17. The Bertz CT molecular complexity index is 387. The Hall–Kier alpha value is 0.761. The zero-order valence-electron chi connectivity index (χ0n) is 21.1. The van der Waals surface area contributed by atoms with Crippen LogP contribution in [0.15, 0.2) is 0 Å². The molecule has 0 saturated carbocycles. The summed E-state index contributed by atoms with van der Waals surface area (Å²) in [6.45, 7) is 20.1. The first kappa shape index (κ1) is 29.8. The summed E-state index contributed by atoms with van der Waals surface area (Å²) < 4.78 is 33.3. The summed E-state index contributed by atoms with van der Waals surface area (Å²) in [7, 11) is -8.10. The molecule has 0 heterocycles. The number of hydrogen-bond acceptors (Lipinski definition) is 4. The van der Waals surface area contributed by atoms with Crippen LogP contribution < -0.4 is 0 Å². The molecule has 0 aromatic heterocycles. The van der Waals surface area contributed by atoms with Crippen molar-refractivity contribution in [2.75, 3.05) is 18.9 Å². The van der Waals surface area contributed by atoms with Gasteiger partial charge in [0.05, 0.1) is 8.07 Å². The molecule has 0 spiro atoms. The molecule has 0 saturated heterocycles. The van der Waals surface area contributed by atoms with Crippen LogP contribution in [0.3, 0.4) is 0 Å². The molecule has 0 radical (unpaired) electrons. The Morgan fingerprint density at radius 3 is 1.10 bits per heavy atom. The molecule has 0 rings (SSSR count). The lowest BCUT2D eigenvalue weighted by Gasteiger charge is -2.35. The summed E-state index contributed by atoms with van der Waals surface area (Å²) in [5.74, 6) is 0. The van der Waals surface area contributed by atoms with E-state index in [1.54, 1.807) is 0 Å². The number of hydrogen-bond donors (Lipinski definition) is 0. The SMILES string of the molecule is CC[Si](CC)(CC)COP(=O)(CO[Si](CC)(CC)CC)CO[Si](CC)(CC)CC. The van der Waals surface area contributed by atoms with Gasteiger partial charge in [-0.25, -0.2) is 0 Å². The van der Waals surface area contributed by atoms with Gasteiger partial charge in [0.15, 0.2) is 16.6 Å². The topological polar surface area (TPSA) is 44.8 Å². The monoisotopic (exact) mass is 482 g/mol.